The molecule has 8 rings (SSSR count). The zero-order chi connectivity index (χ0) is 36.9. The summed E-state index contributed by atoms with van der Waals surface area (Å²) in [7, 11) is 0. The SMILES string of the molecule is O=C(CCCC[C@@H]1SC[C@@H]2NC(=O)N[C@@H]21)NCCCCNC(=O)C(CCCCn1c2ccccc2c2ccccc21)n1c2ccccc2c2ccccc21. The summed E-state index contributed by atoms with van der Waals surface area (Å²) in [5.74, 6) is 1.08. The number of nitrogens with zero attached hydrogens (tertiary/aromatic N) is 2. The smallest absolute Gasteiger partial charge is 0.315 e. The van der Waals surface area contributed by atoms with Crippen LogP contribution in [0.5, 0.6) is 0 Å². The van der Waals surface area contributed by atoms with Crippen molar-refractivity contribution >= 4 is 73.2 Å². The van der Waals surface area contributed by atoms with E-state index in [2.05, 4.69) is 127 Å². The van der Waals surface area contributed by atoms with Crippen molar-refractivity contribution in [1.82, 2.24) is 30.4 Å². The maximum atomic E-state index is 14.1. The van der Waals surface area contributed by atoms with E-state index in [4.69, 9.17) is 0 Å². The van der Waals surface area contributed by atoms with Crippen LogP contribution in [0, 0.1) is 0 Å². The Hall–Kier alpha value is -4.96. The van der Waals surface area contributed by atoms with Crippen molar-refractivity contribution < 1.29 is 14.4 Å². The molecule has 9 nitrogen and oxygen atoms in total. The Morgan fingerprint density at radius 3 is 1.91 bits per heavy atom. The molecule has 2 aromatic heterocycles. The van der Waals surface area contributed by atoms with Crippen LogP contribution in [0.4, 0.5) is 4.79 Å². The Kier molecular flexibility index (Phi) is 11.1. The fraction of sp³-hybridized carbons (Fsp3) is 0.386. The third-order valence-electron chi connectivity index (χ3n) is 11.3. The Bertz CT molecular complexity index is 2170. The predicted molar refractivity (Wildman–Crippen MR) is 221 cm³/mol. The average Bonchev–Trinajstić information content (AvgIpc) is 3.94. The van der Waals surface area contributed by atoms with Crippen LogP contribution < -0.4 is 21.3 Å². The van der Waals surface area contributed by atoms with Crippen LogP contribution in [0.25, 0.3) is 43.6 Å². The molecular formula is C44H50N6O3S. The fourth-order valence-electron chi connectivity index (χ4n) is 8.69. The monoisotopic (exact) mass is 742 g/mol. The molecule has 4 heterocycles. The zero-order valence-corrected chi connectivity index (χ0v) is 31.6. The minimum Gasteiger partial charge on any atom is -0.356 e. The standard InChI is InChI=1S/C44H50N6O3S/c51-41(25-10-9-24-40-42-34(29-54-40)47-44(53)48-42)45-26-12-13-27-46-43(52)39(50-37-21-7-3-17-32(37)33-18-4-8-22-38(33)50)23-11-14-28-49-35-19-5-1-15-30(35)31-16-2-6-20-36(31)49/h1-8,15-22,34,39-40,42H,9-14,23-29H2,(H,45,51)(H,46,52)(H2,47,48,53)/t34-,39?,40-,42-/m0/s1. The number of aryl methyl sites for hydroxylation is 1. The second-order valence-electron chi connectivity index (χ2n) is 14.8. The van der Waals surface area contributed by atoms with E-state index in [1.165, 1.54) is 21.8 Å². The first-order valence-corrected chi connectivity index (χ1v) is 20.8. The van der Waals surface area contributed by atoms with Gasteiger partial charge in [-0.1, -0.05) is 79.2 Å². The number of aromatic nitrogens is 2. The molecule has 0 aliphatic carbocycles. The van der Waals surface area contributed by atoms with Gasteiger partial charge < -0.3 is 30.4 Å². The number of carbonyl (C=O) groups is 3. The number of unbranched alkanes of at least 4 members (excludes halogenated alkanes) is 3. The van der Waals surface area contributed by atoms with Gasteiger partial charge in [0, 0.05) is 80.7 Å². The number of carbonyl (C=O) groups excluding carboxylic acids is 3. The van der Waals surface area contributed by atoms with E-state index in [0.717, 1.165) is 85.5 Å². The summed E-state index contributed by atoms with van der Waals surface area (Å²) in [5, 5.41) is 17.7. The summed E-state index contributed by atoms with van der Waals surface area (Å²) in [4.78, 5) is 38.3. The predicted octanol–water partition coefficient (Wildman–Crippen LogP) is 8.05. The minimum absolute atomic E-state index is 0.0436. The Balaban J connectivity index is 0.847. The molecule has 0 saturated carbocycles. The number of urea groups is 1. The molecule has 4 atom stereocenters. The van der Waals surface area contributed by atoms with Crippen molar-refractivity contribution in [3.63, 3.8) is 0 Å². The molecular weight excluding hydrogens is 693 g/mol. The lowest BCUT2D eigenvalue weighted by Gasteiger charge is -2.21. The molecule has 4 amide bonds. The highest BCUT2D eigenvalue weighted by molar-refractivity contribution is 8.00. The van der Waals surface area contributed by atoms with Gasteiger partial charge in [-0.05, 0) is 69.2 Å². The molecule has 2 saturated heterocycles. The highest BCUT2D eigenvalue weighted by Crippen LogP contribution is 2.35. The minimum atomic E-state index is -0.345. The van der Waals surface area contributed by atoms with Gasteiger partial charge in [0.25, 0.3) is 0 Å². The summed E-state index contributed by atoms with van der Waals surface area (Å²) < 4.78 is 4.68. The van der Waals surface area contributed by atoms with Crippen molar-refractivity contribution in [1.29, 1.82) is 0 Å². The van der Waals surface area contributed by atoms with Crippen LogP contribution in [0.15, 0.2) is 97.1 Å². The molecule has 4 aromatic carbocycles. The number of para-hydroxylation sites is 4. The van der Waals surface area contributed by atoms with E-state index in [1.54, 1.807) is 0 Å². The molecule has 4 N–H and O–H groups in total. The fourth-order valence-corrected chi connectivity index (χ4v) is 10.2. The Labute approximate surface area is 320 Å². The summed E-state index contributed by atoms with van der Waals surface area (Å²) >= 11 is 1.91. The van der Waals surface area contributed by atoms with Gasteiger partial charge in [-0.15, -0.1) is 0 Å². The molecule has 2 aliphatic heterocycles. The van der Waals surface area contributed by atoms with Crippen LogP contribution >= 0.6 is 11.8 Å². The number of nitrogens with one attached hydrogen (secondary N) is 4. The van der Waals surface area contributed by atoms with Crippen LogP contribution in [0.1, 0.15) is 63.8 Å². The molecule has 10 heteroatoms. The van der Waals surface area contributed by atoms with Gasteiger partial charge in [0.1, 0.15) is 6.04 Å². The molecule has 2 fully saturated rings. The van der Waals surface area contributed by atoms with E-state index in [1.807, 2.05) is 11.8 Å². The molecule has 54 heavy (non-hydrogen) atoms. The largest absolute Gasteiger partial charge is 0.356 e. The molecule has 1 unspecified atom stereocenters. The zero-order valence-electron chi connectivity index (χ0n) is 30.8. The summed E-state index contributed by atoms with van der Waals surface area (Å²) in [6.07, 6.45) is 7.54. The van der Waals surface area contributed by atoms with Gasteiger partial charge in [0.15, 0.2) is 0 Å². The maximum Gasteiger partial charge on any atom is 0.315 e. The Morgan fingerprint density at radius 2 is 1.26 bits per heavy atom. The summed E-state index contributed by atoms with van der Waals surface area (Å²) in [6, 6.07) is 34.1. The first-order valence-electron chi connectivity index (χ1n) is 19.7. The number of hydrogen-bond donors (Lipinski definition) is 4. The first kappa shape index (κ1) is 36.0. The molecule has 0 bridgehead atoms. The number of thioether (sulfide) groups is 1. The lowest BCUT2D eigenvalue weighted by molar-refractivity contribution is -0.124. The lowest BCUT2D eigenvalue weighted by atomic mass is 10.0. The lowest BCUT2D eigenvalue weighted by Crippen LogP contribution is -2.36. The van der Waals surface area contributed by atoms with Crippen molar-refractivity contribution in [3.8, 4) is 0 Å². The third kappa shape index (κ3) is 7.53. The van der Waals surface area contributed by atoms with E-state index in [9.17, 15) is 14.4 Å². The second-order valence-corrected chi connectivity index (χ2v) is 16.1. The van der Waals surface area contributed by atoms with Crippen LogP contribution in [-0.4, -0.2) is 63.2 Å². The quantitative estimate of drug-likeness (QED) is 0.0560. The van der Waals surface area contributed by atoms with Crippen molar-refractivity contribution in [2.24, 2.45) is 0 Å². The van der Waals surface area contributed by atoms with E-state index < -0.39 is 0 Å². The summed E-state index contributed by atoms with van der Waals surface area (Å²) in [5.41, 5.74) is 4.67. The normalized spacial score (nSPS) is 18.6. The Morgan fingerprint density at radius 1 is 0.685 bits per heavy atom. The highest BCUT2D eigenvalue weighted by Gasteiger charge is 2.42. The van der Waals surface area contributed by atoms with E-state index in [0.29, 0.717) is 24.8 Å². The van der Waals surface area contributed by atoms with Gasteiger partial charge in [0.2, 0.25) is 11.8 Å². The average molecular weight is 743 g/mol. The molecule has 6 aromatic rings. The number of benzene rings is 4. The van der Waals surface area contributed by atoms with Gasteiger partial charge in [0.05, 0.1) is 12.1 Å². The first-order chi connectivity index (χ1) is 26.6. The van der Waals surface area contributed by atoms with Gasteiger partial charge in [-0.25, -0.2) is 4.79 Å². The van der Waals surface area contributed by atoms with Crippen molar-refractivity contribution in [2.45, 2.75) is 87.7 Å². The van der Waals surface area contributed by atoms with E-state index in [-0.39, 0.29) is 36.0 Å². The van der Waals surface area contributed by atoms with Gasteiger partial charge in [-0.3, -0.25) is 9.59 Å². The van der Waals surface area contributed by atoms with Crippen LogP contribution in [-0.2, 0) is 16.1 Å². The van der Waals surface area contributed by atoms with Crippen LogP contribution in [0.3, 0.4) is 0 Å². The van der Waals surface area contributed by atoms with Gasteiger partial charge in [-0.2, -0.15) is 11.8 Å². The number of hydrogen-bond acceptors (Lipinski definition) is 4. The molecule has 0 radical (unpaired) electrons. The molecule has 2 aliphatic rings. The topological polar surface area (TPSA) is 109 Å². The number of fused-ring (bicyclic) bond motifs is 7. The van der Waals surface area contributed by atoms with Crippen molar-refractivity contribution in [3.05, 3.63) is 97.1 Å². The second kappa shape index (κ2) is 16.6. The highest BCUT2D eigenvalue weighted by atomic mass is 32.2. The molecule has 280 valence electrons. The third-order valence-corrected chi connectivity index (χ3v) is 12.8. The summed E-state index contributed by atoms with van der Waals surface area (Å²) in [6.45, 7) is 2.06. The van der Waals surface area contributed by atoms with Gasteiger partial charge >= 0.3 is 6.03 Å². The van der Waals surface area contributed by atoms with Crippen LogP contribution in [0.2, 0.25) is 0 Å². The maximum absolute atomic E-state index is 14.1. The number of rotatable bonds is 17. The number of amides is 4. The van der Waals surface area contributed by atoms with Crippen molar-refractivity contribution in [2.75, 3.05) is 18.8 Å². The molecule has 0 spiro atoms. The van der Waals surface area contributed by atoms with E-state index >= 15 is 0 Å².